The molecule has 1 aliphatic rings. The summed E-state index contributed by atoms with van der Waals surface area (Å²) in [6.45, 7) is 1.97. The van der Waals surface area contributed by atoms with Crippen LogP contribution in [0.5, 0.6) is 5.75 Å². The largest absolute Gasteiger partial charge is 0.497 e. The molecular weight excluding hydrogens is 452 g/mol. The van der Waals surface area contributed by atoms with E-state index in [9.17, 15) is 13.6 Å². The Labute approximate surface area is 203 Å². The summed E-state index contributed by atoms with van der Waals surface area (Å²) in [5, 5.41) is 6.90. The number of amides is 1. The molecule has 7 nitrogen and oxygen atoms in total. The summed E-state index contributed by atoms with van der Waals surface area (Å²) in [6, 6.07) is 9.88. The predicted octanol–water partition coefficient (Wildman–Crippen LogP) is 4.83. The molecule has 2 aromatic carbocycles. The Balaban J connectivity index is 1.38. The minimum absolute atomic E-state index is 0.0492. The fourth-order valence-electron chi connectivity index (χ4n) is 4.52. The molecule has 35 heavy (non-hydrogen) atoms. The molecule has 1 atom stereocenters. The molecule has 1 aliphatic carbocycles. The average Bonchev–Trinajstić information content (AvgIpc) is 2.85. The number of ether oxygens (including phenoxy) is 1. The Bertz CT molecular complexity index is 1210. The van der Waals surface area contributed by atoms with E-state index in [4.69, 9.17) is 4.74 Å². The van der Waals surface area contributed by atoms with Gasteiger partial charge in [0.15, 0.2) is 11.6 Å². The topological polar surface area (TPSA) is 79.4 Å². The second kappa shape index (κ2) is 10.4. The summed E-state index contributed by atoms with van der Waals surface area (Å²) in [5.41, 5.74) is 1.33. The number of anilines is 2. The van der Waals surface area contributed by atoms with Crippen LogP contribution in [-0.4, -0.2) is 43.1 Å². The lowest BCUT2D eigenvalue weighted by Gasteiger charge is -2.29. The highest BCUT2D eigenvalue weighted by Gasteiger charge is 2.28. The molecule has 1 amide bonds. The van der Waals surface area contributed by atoms with Crippen molar-refractivity contribution in [1.29, 1.82) is 0 Å². The Kier molecular flexibility index (Phi) is 7.33. The van der Waals surface area contributed by atoms with Crippen molar-refractivity contribution < 1.29 is 18.3 Å². The van der Waals surface area contributed by atoms with Gasteiger partial charge in [0.2, 0.25) is 11.9 Å². The Morgan fingerprint density at radius 3 is 2.49 bits per heavy atom. The number of benzene rings is 2. The number of nitrogens with zero attached hydrogens (tertiary/aromatic N) is 3. The van der Waals surface area contributed by atoms with E-state index in [1.807, 2.05) is 31.2 Å². The minimum atomic E-state index is -0.943. The summed E-state index contributed by atoms with van der Waals surface area (Å²) in [7, 11) is 5.21. The Morgan fingerprint density at radius 2 is 1.80 bits per heavy atom. The van der Waals surface area contributed by atoms with Gasteiger partial charge in [-0.3, -0.25) is 4.79 Å². The van der Waals surface area contributed by atoms with Gasteiger partial charge in [-0.2, -0.15) is 4.98 Å². The van der Waals surface area contributed by atoms with Gasteiger partial charge < -0.3 is 20.3 Å². The highest BCUT2D eigenvalue weighted by atomic mass is 19.2. The van der Waals surface area contributed by atoms with Crippen molar-refractivity contribution >= 4 is 28.6 Å². The number of nitrogens with one attached hydrogen (secondary N) is 2. The van der Waals surface area contributed by atoms with Crippen LogP contribution in [0.15, 0.2) is 36.4 Å². The number of fused-ring (bicyclic) bond motifs is 1. The monoisotopic (exact) mass is 483 g/mol. The third-order valence-corrected chi connectivity index (χ3v) is 6.53. The highest BCUT2D eigenvalue weighted by molar-refractivity contribution is 5.90. The highest BCUT2D eigenvalue weighted by Crippen LogP contribution is 2.30. The van der Waals surface area contributed by atoms with E-state index in [1.165, 1.54) is 0 Å². The second-order valence-corrected chi connectivity index (χ2v) is 9.25. The SMILES string of the molecule is COc1cccc([C@@H](C)NC(=O)C2CCC(Nc3nc(N(C)C)c4cc(F)c(F)cc4n3)CC2)c1. The average molecular weight is 484 g/mol. The third kappa shape index (κ3) is 5.61. The van der Waals surface area contributed by atoms with Crippen LogP contribution in [0.2, 0.25) is 0 Å². The molecule has 9 heteroatoms. The van der Waals surface area contributed by atoms with Crippen LogP contribution in [0.4, 0.5) is 20.5 Å². The Morgan fingerprint density at radius 1 is 1.09 bits per heavy atom. The smallest absolute Gasteiger partial charge is 0.225 e. The van der Waals surface area contributed by atoms with Gasteiger partial charge in [-0.05, 0) is 56.4 Å². The fourth-order valence-corrected chi connectivity index (χ4v) is 4.52. The lowest BCUT2D eigenvalue weighted by atomic mass is 9.85. The van der Waals surface area contributed by atoms with Gasteiger partial charge in [-0.1, -0.05) is 12.1 Å². The van der Waals surface area contributed by atoms with E-state index >= 15 is 0 Å². The maximum absolute atomic E-state index is 13.8. The first kappa shape index (κ1) is 24.6. The van der Waals surface area contributed by atoms with Crippen LogP contribution >= 0.6 is 0 Å². The molecule has 0 unspecified atom stereocenters. The number of hydrogen-bond donors (Lipinski definition) is 2. The number of carbonyl (C=O) groups excluding carboxylic acids is 1. The zero-order valence-electron chi connectivity index (χ0n) is 20.4. The molecular formula is C26H31F2N5O2. The normalized spacial score (nSPS) is 18.7. The lowest BCUT2D eigenvalue weighted by Crippen LogP contribution is -2.37. The van der Waals surface area contributed by atoms with E-state index in [2.05, 4.69) is 20.6 Å². The second-order valence-electron chi connectivity index (χ2n) is 9.25. The molecule has 1 saturated carbocycles. The first-order chi connectivity index (χ1) is 16.7. The first-order valence-electron chi connectivity index (χ1n) is 11.8. The van der Waals surface area contributed by atoms with Crippen molar-refractivity contribution in [1.82, 2.24) is 15.3 Å². The summed E-state index contributed by atoms with van der Waals surface area (Å²) >= 11 is 0. The Hall–Kier alpha value is -3.49. The van der Waals surface area contributed by atoms with Crippen molar-refractivity contribution in [3.63, 3.8) is 0 Å². The minimum Gasteiger partial charge on any atom is -0.497 e. The van der Waals surface area contributed by atoms with Crippen molar-refractivity contribution in [2.45, 2.75) is 44.7 Å². The van der Waals surface area contributed by atoms with Crippen LogP contribution in [0.1, 0.15) is 44.2 Å². The van der Waals surface area contributed by atoms with Crippen LogP contribution in [0, 0.1) is 17.6 Å². The van der Waals surface area contributed by atoms with Crippen molar-refractivity contribution in [2.75, 3.05) is 31.4 Å². The van der Waals surface area contributed by atoms with Crippen molar-refractivity contribution in [3.8, 4) is 5.75 Å². The summed E-state index contributed by atoms with van der Waals surface area (Å²) < 4.78 is 32.9. The summed E-state index contributed by atoms with van der Waals surface area (Å²) in [4.78, 5) is 23.6. The third-order valence-electron chi connectivity index (χ3n) is 6.53. The van der Waals surface area contributed by atoms with Crippen LogP contribution in [0.3, 0.4) is 0 Å². The standard InChI is InChI=1S/C26H31F2N5O2/c1-15(17-6-5-7-19(12-17)35-4)29-25(34)16-8-10-18(11-9-16)30-26-31-23-14-22(28)21(27)13-20(23)24(32-26)33(2)3/h5-7,12-16,18H,8-11H2,1-4H3,(H,29,34)(H,30,31,32)/t15-,16?,18?/m1/s1. The van der Waals surface area contributed by atoms with Gasteiger partial charge in [0, 0.05) is 37.5 Å². The predicted molar refractivity (Wildman–Crippen MR) is 133 cm³/mol. The maximum atomic E-state index is 13.8. The lowest BCUT2D eigenvalue weighted by molar-refractivity contribution is -0.126. The molecule has 1 aromatic heterocycles. The number of hydrogen-bond acceptors (Lipinski definition) is 6. The van der Waals surface area contributed by atoms with Gasteiger partial charge in [-0.15, -0.1) is 0 Å². The number of rotatable bonds is 7. The zero-order chi connectivity index (χ0) is 25.1. The fraction of sp³-hybridized carbons (Fsp3) is 0.423. The quantitative estimate of drug-likeness (QED) is 0.501. The zero-order valence-corrected chi connectivity index (χ0v) is 20.4. The summed E-state index contributed by atoms with van der Waals surface area (Å²) in [6.07, 6.45) is 3.04. The molecule has 0 aliphatic heterocycles. The molecule has 0 bridgehead atoms. The molecule has 1 fully saturated rings. The number of methoxy groups -OCH3 is 1. The van der Waals surface area contributed by atoms with Crippen LogP contribution in [-0.2, 0) is 4.79 Å². The summed E-state index contributed by atoms with van der Waals surface area (Å²) in [5.74, 6) is -0.246. The van der Waals surface area contributed by atoms with E-state index in [0.29, 0.717) is 22.7 Å². The van der Waals surface area contributed by atoms with Gasteiger partial charge in [0.05, 0.1) is 18.7 Å². The molecule has 4 rings (SSSR count). The maximum Gasteiger partial charge on any atom is 0.225 e. The van der Waals surface area contributed by atoms with Crippen molar-refractivity contribution in [2.24, 2.45) is 5.92 Å². The van der Waals surface area contributed by atoms with E-state index in [-0.39, 0.29) is 23.9 Å². The first-order valence-corrected chi connectivity index (χ1v) is 11.8. The van der Waals surface area contributed by atoms with E-state index < -0.39 is 11.6 Å². The van der Waals surface area contributed by atoms with Crippen LogP contribution < -0.4 is 20.3 Å². The van der Waals surface area contributed by atoms with Gasteiger partial charge >= 0.3 is 0 Å². The molecule has 2 N–H and O–H groups in total. The number of carbonyl (C=O) groups is 1. The molecule has 0 saturated heterocycles. The van der Waals surface area contributed by atoms with Gasteiger partial charge in [-0.25, -0.2) is 13.8 Å². The van der Waals surface area contributed by atoms with Gasteiger partial charge in [0.1, 0.15) is 11.6 Å². The van der Waals surface area contributed by atoms with E-state index in [0.717, 1.165) is 49.1 Å². The van der Waals surface area contributed by atoms with E-state index in [1.54, 1.807) is 26.1 Å². The molecule has 1 heterocycles. The molecule has 0 spiro atoms. The molecule has 0 radical (unpaired) electrons. The van der Waals surface area contributed by atoms with Crippen molar-refractivity contribution in [3.05, 3.63) is 53.6 Å². The van der Waals surface area contributed by atoms with Crippen LogP contribution in [0.25, 0.3) is 10.9 Å². The van der Waals surface area contributed by atoms with Gasteiger partial charge in [0.25, 0.3) is 0 Å². The molecule has 3 aromatic rings. The number of halogens is 2. The molecule has 186 valence electrons. The number of aromatic nitrogens is 2.